The molecule has 3 aliphatic rings. The fraction of sp³-hybridized carbons (Fsp3) is 0.864. The maximum Gasteiger partial charge on any atom is 0.326 e. The Morgan fingerprint density at radius 3 is 2.07 bits per heavy atom. The van der Waals surface area contributed by atoms with Crippen molar-refractivity contribution in [3.8, 4) is 0 Å². The quantitative estimate of drug-likeness (QED) is 0.402. The van der Waals surface area contributed by atoms with E-state index in [-0.39, 0.29) is 5.91 Å². The number of nitrogens with one attached hydrogen (secondary N) is 2. The normalized spacial score (nSPS) is 25.7. The molecular formula is C22H38N4O4. The molecule has 0 aromatic carbocycles. The Kier molecular flexibility index (Phi) is 8.36. The van der Waals surface area contributed by atoms with Gasteiger partial charge in [-0.2, -0.15) is 0 Å². The average molecular weight is 423 g/mol. The molecule has 170 valence electrons. The van der Waals surface area contributed by atoms with Crippen LogP contribution in [0.15, 0.2) is 0 Å². The van der Waals surface area contributed by atoms with Gasteiger partial charge in [0.05, 0.1) is 0 Å². The fourth-order valence-electron chi connectivity index (χ4n) is 5.54. The number of carboxylic acid groups (broad SMARTS) is 1. The molecule has 1 saturated carbocycles. The van der Waals surface area contributed by atoms with Crippen molar-refractivity contribution in [3.05, 3.63) is 0 Å². The number of unbranched alkanes of at least 4 members (excludes halogenated alkanes) is 1. The van der Waals surface area contributed by atoms with Gasteiger partial charge in [-0.05, 0) is 63.8 Å². The third-order valence-corrected chi connectivity index (χ3v) is 7.16. The molecule has 2 bridgehead atoms. The summed E-state index contributed by atoms with van der Waals surface area (Å²) >= 11 is 0. The van der Waals surface area contributed by atoms with E-state index in [2.05, 4.69) is 10.6 Å². The van der Waals surface area contributed by atoms with E-state index in [1.165, 1.54) is 19.3 Å². The molecule has 2 saturated heterocycles. The molecule has 8 nitrogen and oxygen atoms in total. The number of urea groups is 1. The van der Waals surface area contributed by atoms with E-state index in [0.717, 1.165) is 38.5 Å². The van der Waals surface area contributed by atoms with Gasteiger partial charge in [0.15, 0.2) is 0 Å². The van der Waals surface area contributed by atoms with Gasteiger partial charge in [0.25, 0.3) is 0 Å². The Balaban J connectivity index is 1.62. The Bertz CT molecular complexity index is 588. The zero-order chi connectivity index (χ0) is 21.5. The first-order valence-electron chi connectivity index (χ1n) is 11.8. The summed E-state index contributed by atoms with van der Waals surface area (Å²) < 4.78 is 0. The van der Waals surface area contributed by atoms with E-state index < -0.39 is 24.1 Å². The van der Waals surface area contributed by atoms with Crippen molar-refractivity contribution in [2.24, 2.45) is 11.7 Å². The molecule has 5 N–H and O–H groups in total. The van der Waals surface area contributed by atoms with E-state index in [1.54, 1.807) is 0 Å². The highest BCUT2D eigenvalue weighted by atomic mass is 16.4. The molecule has 0 aromatic heterocycles. The van der Waals surface area contributed by atoms with E-state index in [1.807, 2.05) is 4.90 Å². The highest BCUT2D eigenvalue weighted by Crippen LogP contribution is 2.38. The lowest BCUT2D eigenvalue weighted by Crippen LogP contribution is -2.55. The van der Waals surface area contributed by atoms with Gasteiger partial charge in [-0.1, -0.05) is 32.1 Å². The minimum atomic E-state index is -1.06. The number of carbonyl (C=O) groups excluding carboxylic acids is 2. The molecule has 3 rings (SSSR count). The molecule has 0 aromatic rings. The van der Waals surface area contributed by atoms with Gasteiger partial charge in [-0.15, -0.1) is 0 Å². The van der Waals surface area contributed by atoms with E-state index in [4.69, 9.17) is 5.73 Å². The second-order valence-electron chi connectivity index (χ2n) is 9.29. The summed E-state index contributed by atoms with van der Waals surface area (Å²) in [6, 6.07) is -1.48. The van der Waals surface area contributed by atoms with Crippen LogP contribution >= 0.6 is 0 Å². The monoisotopic (exact) mass is 422 g/mol. The number of hydrogen-bond acceptors (Lipinski definition) is 4. The summed E-state index contributed by atoms with van der Waals surface area (Å²) in [5.41, 5.74) is 5.48. The van der Waals surface area contributed by atoms with E-state index >= 15 is 0 Å². The highest BCUT2D eigenvalue weighted by molar-refractivity contribution is 5.89. The molecule has 2 unspecified atom stereocenters. The van der Waals surface area contributed by atoms with Crippen LogP contribution in [0.4, 0.5) is 4.79 Å². The maximum atomic E-state index is 13.4. The lowest BCUT2D eigenvalue weighted by Gasteiger charge is -2.31. The van der Waals surface area contributed by atoms with Crippen LogP contribution in [0.1, 0.15) is 83.5 Å². The van der Waals surface area contributed by atoms with Gasteiger partial charge >= 0.3 is 12.0 Å². The van der Waals surface area contributed by atoms with Crippen LogP contribution < -0.4 is 16.4 Å². The minimum Gasteiger partial charge on any atom is -0.480 e. The first kappa shape index (κ1) is 22.8. The smallest absolute Gasteiger partial charge is 0.326 e. The van der Waals surface area contributed by atoms with Crippen LogP contribution in [-0.4, -0.2) is 58.6 Å². The minimum absolute atomic E-state index is 0.0238. The van der Waals surface area contributed by atoms with E-state index in [0.29, 0.717) is 50.2 Å². The zero-order valence-corrected chi connectivity index (χ0v) is 18.0. The number of fused-ring (bicyclic) bond motifs is 2. The second kappa shape index (κ2) is 11.0. The van der Waals surface area contributed by atoms with Crippen molar-refractivity contribution >= 4 is 17.9 Å². The van der Waals surface area contributed by atoms with Crippen LogP contribution in [0.3, 0.4) is 0 Å². The molecule has 2 heterocycles. The molecule has 2 aliphatic heterocycles. The number of nitrogens with zero attached hydrogens (tertiary/aromatic N) is 1. The van der Waals surface area contributed by atoms with Gasteiger partial charge < -0.3 is 26.4 Å². The molecule has 3 amide bonds. The van der Waals surface area contributed by atoms with Crippen molar-refractivity contribution in [3.63, 3.8) is 0 Å². The summed E-state index contributed by atoms with van der Waals surface area (Å²) in [5, 5.41) is 14.8. The highest BCUT2D eigenvalue weighted by Gasteiger charge is 2.44. The van der Waals surface area contributed by atoms with Crippen LogP contribution in [0.5, 0.6) is 0 Å². The molecule has 0 radical (unpaired) electrons. The van der Waals surface area contributed by atoms with Crippen molar-refractivity contribution in [2.45, 2.75) is 108 Å². The van der Waals surface area contributed by atoms with Gasteiger partial charge in [0.2, 0.25) is 5.91 Å². The Morgan fingerprint density at radius 1 is 0.900 bits per heavy atom. The summed E-state index contributed by atoms with van der Waals surface area (Å²) in [7, 11) is 0. The van der Waals surface area contributed by atoms with Crippen molar-refractivity contribution < 1.29 is 19.5 Å². The average Bonchev–Trinajstić information content (AvgIpc) is 3.33. The SMILES string of the molecule is NCCCCC(NC(=O)NC(CC1CCCCC1)C(=O)N1C2CCC1CC2)C(=O)O. The van der Waals surface area contributed by atoms with Crippen LogP contribution in [0, 0.1) is 5.92 Å². The number of carboxylic acids is 1. The topological polar surface area (TPSA) is 125 Å². The summed E-state index contributed by atoms with van der Waals surface area (Å²) in [5.74, 6) is -0.598. The van der Waals surface area contributed by atoms with Crippen molar-refractivity contribution in [2.75, 3.05) is 6.54 Å². The largest absolute Gasteiger partial charge is 0.480 e. The van der Waals surface area contributed by atoms with Gasteiger partial charge in [-0.25, -0.2) is 9.59 Å². The van der Waals surface area contributed by atoms with Gasteiger partial charge in [-0.3, -0.25) is 4.79 Å². The standard InChI is InChI=1S/C22H38N4O4/c23-13-5-4-8-18(21(28)29)24-22(30)25-19(14-15-6-2-1-3-7-15)20(27)26-16-9-10-17(26)12-11-16/h15-19H,1-14,23H2,(H,28,29)(H2,24,25,30). The van der Waals surface area contributed by atoms with E-state index in [9.17, 15) is 19.5 Å². The third-order valence-electron chi connectivity index (χ3n) is 7.16. The summed E-state index contributed by atoms with van der Waals surface area (Å²) in [6.45, 7) is 0.495. The van der Waals surface area contributed by atoms with Gasteiger partial charge in [0.1, 0.15) is 12.1 Å². The zero-order valence-electron chi connectivity index (χ0n) is 18.0. The number of nitrogens with two attached hydrogens (primary N) is 1. The lowest BCUT2D eigenvalue weighted by molar-refractivity contribution is -0.139. The molecule has 2 atom stereocenters. The number of aliphatic carboxylic acids is 1. The van der Waals surface area contributed by atoms with Crippen molar-refractivity contribution in [1.82, 2.24) is 15.5 Å². The summed E-state index contributed by atoms with van der Waals surface area (Å²) in [4.78, 5) is 39.6. The predicted octanol–water partition coefficient (Wildman–Crippen LogP) is 2.36. The van der Waals surface area contributed by atoms with Gasteiger partial charge in [0, 0.05) is 12.1 Å². The van der Waals surface area contributed by atoms with Crippen molar-refractivity contribution in [1.29, 1.82) is 0 Å². The molecule has 30 heavy (non-hydrogen) atoms. The third kappa shape index (κ3) is 5.86. The number of hydrogen-bond donors (Lipinski definition) is 4. The molecule has 3 fully saturated rings. The Labute approximate surface area is 179 Å². The molecular weight excluding hydrogens is 384 g/mol. The van der Waals surface area contributed by atoms with Crippen LogP contribution in [0.25, 0.3) is 0 Å². The molecule has 8 heteroatoms. The number of carbonyl (C=O) groups is 3. The Morgan fingerprint density at radius 2 is 1.50 bits per heavy atom. The molecule has 0 spiro atoms. The Hall–Kier alpha value is -1.83. The first-order valence-corrected chi connectivity index (χ1v) is 11.8. The van der Waals surface area contributed by atoms with Crippen LogP contribution in [0.2, 0.25) is 0 Å². The lowest BCUT2D eigenvalue weighted by atomic mass is 9.84. The van der Waals surface area contributed by atoms with Crippen LogP contribution in [-0.2, 0) is 9.59 Å². The number of rotatable bonds is 10. The maximum absolute atomic E-state index is 13.4. The fourth-order valence-corrected chi connectivity index (χ4v) is 5.54. The predicted molar refractivity (Wildman–Crippen MR) is 114 cm³/mol. The summed E-state index contributed by atoms with van der Waals surface area (Å²) in [6.07, 6.45) is 12.3. The second-order valence-corrected chi connectivity index (χ2v) is 9.29. The number of amides is 3. The molecule has 1 aliphatic carbocycles. The first-order chi connectivity index (χ1) is 14.5.